The number of aliphatic hydroxyl groups is 2. The molecule has 1 aliphatic rings. The van der Waals surface area contributed by atoms with Gasteiger partial charge in [-0.05, 0) is 6.08 Å². The monoisotopic (exact) mass is 160 g/mol. The van der Waals surface area contributed by atoms with Crippen LogP contribution in [0.25, 0.3) is 0 Å². The maximum absolute atomic E-state index is 9.30. The first kappa shape index (κ1) is 7.79. The highest BCUT2D eigenvalue weighted by Gasteiger charge is 2.30. The van der Waals surface area contributed by atoms with Crippen molar-refractivity contribution in [3.8, 4) is 0 Å². The van der Waals surface area contributed by atoms with Crippen LogP contribution in [0.1, 0.15) is 0 Å². The summed E-state index contributed by atoms with van der Waals surface area (Å²) in [6.45, 7) is -0.138. The van der Waals surface area contributed by atoms with E-state index in [1.165, 1.54) is 6.08 Å². The van der Waals surface area contributed by atoms with E-state index >= 15 is 0 Å². The third kappa shape index (κ3) is 1.40. The first-order valence-electron chi connectivity index (χ1n) is 3.05. The Morgan fingerprint density at radius 2 is 2.20 bits per heavy atom. The summed E-state index contributed by atoms with van der Waals surface area (Å²) in [5.74, 6) is -0.390. The fraction of sp³-hybridized carbons (Fsp3) is 0.429. The fourth-order valence-electron chi connectivity index (χ4n) is 0.836. The minimum absolute atomic E-state index is 0.138. The number of allylic oxidation sites excluding steroid dienone is 2. The molecule has 3 heteroatoms. The normalized spacial score (nSPS) is 38.5. The van der Waals surface area contributed by atoms with E-state index in [0.717, 1.165) is 0 Å². The van der Waals surface area contributed by atoms with Crippen molar-refractivity contribution in [2.24, 2.45) is 5.92 Å². The van der Waals surface area contributed by atoms with Crippen LogP contribution in [-0.4, -0.2) is 21.9 Å². The molecule has 56 valence electrons. The first-order valence-corrected chi connectivity index (χ1v) is 3.43. The van der Waals surface area contributed by atoms with E-state index in [4.69, 9.17) is 16.7 Å². The minimum Gasteiger partial charge on any atom is -0.396 e. The largest absolute Gasteiger partial charge is 0.396 e. The standard InChI is InChI=1S/C7H9ClO2/c8-7(10)4-2-1-3-6(7)5-9/h1-4,6,9-10H,5H2. The van der Waals surface area contributed by atoms with Crippen molar-refractivity contribution in [1.29, 1.82) is 0 Å². The lowest BCUT2D eigenvalue weighted by Crippen LogP contribution is -2.31. The summed E-state index contributed by atoms with van der Waals surface area (Å²) in [6, 6.07) is 0. The van der Waals surface area contributed by atoms with Crippen LogP contribution in [-0.2, 0) is 0 Å². The van der Waals surface area contributed by atoms with Crippen LogP contribution in [0.4, 0.5) is 0 Å². The van der Waals surface area contributed by atoms with Gasteiger partial charge in [0.1, 0.15) is 0 Å². The Hall–Kier alpha value is -0.310. The van der Waals surface area contributed by atoms with Crippen LogP contribution in [0.15, 0.2) is 24.3 Å². The summed E-state index contributed by atoms with van der Waals surface area (Å²) in [7, 11) is 0. The predicted molar refractivity (Wildman–Crippen MR) is 39.7 cm³/mol. The molecule has 2 N–H and O–H groups in total. The zero-order valence-electron chi connectivity index (χ0n) is 5.37. The van der Waals surface area contributed by atoms with Crippen LogP contribution in [0.2, 0.25) is 0 Å². The summed E-state index contributed by atoms with van der Waals surface area (Å²) in [5.41, 5.74) is 0. The van der Waals surface area contributed by atoms with Crippen molar-refractivity contribution in [1.82, 2.24) is 0 Å². The number of aliphatic hydroxyl groups excluding tert-OH is 1. The summed E-state index contributed by atoms with van der Waals surface area (Å²) < 4.78 is 0. The Morgan fingerprint density at radius 3 is 2.60 bits per heavy atom. The molecule has 0 amide bonds. The average Bonchev–Trinajstić information content (AvgIpc) is 1.87. The molecule has 1 rings (SSSR count). The number of hydrogen-bond donors (Lipinski definition) is 2. The summed E-state index contributed by atoms with van der Waals surface area (Å²) in [5, 5.41) is 16.6. The SMILES string of the molecule is OCC1C=CC=CC1(O)Cl. The van der Waals surface area contributed by atoms with E-state index in [2.05, 4.69) is 0 Å². The second-order valence-electron chi connectivity index (χ2n) is 2.26. The van der Waals surface area contributed by atoms with Gasteiger partial charge in [-0.2, -0.15) is 0 Å². The highest BCUT2D eigenvalue weighted by Crippen LogP contribution is 2.27. The second kappa shape index (κ2) is 2.74. The lowest BCUT2D eigenvalue weighted by Gasteiger charge is -2.25. The molecular weight excluding hydrogens is 152 g/mol. The Bertz CT molecular complexity index is 172. The van der Waals surface area contributed by atoms with Crippen molar-refractivity contribution in [2.75, 3.05) is 6.61 Å². The van der Waals surface area contributed by atoms with Crippen LogP contribution in [0.5, 0.6) is 0 Å². The molecule has 0 aromatic carbocycles. The smallest absolute Gasteiger partial charge is 0.166 e. The van der Waals surface area contributed by atoms with Crippen LogP contribution in [0, 0.1) is 5.92 Å². The van der Waals surface area contributed by atoms with Gasteiger partial charge in [0.15, 0.2) is 5.06 Å². The fourth-order valence-corrected chi connectivity index (χ4v) is 1.05. The van der Waals surface area contributed by atoms with Gasteiger partial charge >= 0.3 is 0 Å². The molecule has 0 bridgehead atoms. The van der Waals surface area contributed by atoms with E-state index in [1.54, 1.807) is 18.2 Å². The Balaban J connectivity index is 2.74. The van der Waals surface area contributed by atoms with Crippen molar-refractivity contribution in [2.45, 2.75) is 5.06 Å². The van der Waals surface area contributed by atoms with Crippen LogP contribution < -0.4 is 0 Å². The third-order valence-corrected chi connectivity index (χ3v) is 1.91. The summed E-state index contributed by atoms with van der Waals surface area (Å²) in [6.07, 6.45) is 6.53. The number of halogens is 1. The van der Waals surface area contributed by atoms with Gasteiger partial charge in [-0.1, -0.05) is 29.8 Å². The molecule has 0 saturated carbocycles. The second-order valence-corrected chi connectivity index (χ2v) is 2.87. The number of alkyl halides is 1. The molecule has 2 atom stereocenters. The molecule has 1 aliphatic carbocycles. The first-order chi connectivity index (χ1) is 4.67. The predicted octanol–water partition coefficient (Wildman–Crippen LogP) is 0.648. The molecule has 0 aliphatic heterocycles. The van der Waals surface area contributed by atoms with Crippen molar-refractivity contribution < 1.29 is 10.2 Å². The summed E-state index contributed by atoms with van der Waals surface area (Å²) >= 11 is 5.60. The van der Waals surface area contributed by atoms with E-state index in [-0.39, 0.29) is 12.5 Å². The van der Waals surface area contributed by atoms with E-state index < -0.39 is 5.06 Å². The minimum atomic E-state index is -1.40. The Labute approximate surface area is 64.4 Å². The van der Waals surface area contributed by atoms with Crippen molar-refractivity contribution in [3.63, 3.8) is 0 Å². The van der Waals surface area contributed by atoms with Gasteiger partial charge in [0.2, 0.25) is 0 Å². The van der Waals surface area contributed by atoms with E-state index in [9.17, 15) is 5.11 Å². The topological polar surface area (TPSA) is 40.5 Å². The highest BCUT2D eigenvalue weighted by molar-refractivity contribution is 6.24. The molecule has 2 unspecified atom stereocenters. The maximum atomic E-state index is 9.30. The molecule has 0 saturated heterocycles. The number of hydrogen-bond acceptors (Lipinski definition) is 2. The van der Waals surface area contributed by atoms with Gasteiger partial charge in [-0.15, -0.1) is 0 Å². The van der Waals surface area contributed by atoms with Gasteiger partial charge in [0.25, 0.3) is 0 Å². The van der Waals surface area contributed by atoms with Gasteiger partial charge in [-0.3, -0.25) is 0 Å². The zero-order chi connectivity index (χ0) is 7.61. The Kier molecular flexibility index (Phi) is 2.14. The van der Waals surface area contributed by atoms with Crippen molar-refractivity contribution in [3.05, 3.63) is 24.3 Å². The van der Waals surface area contributed by atoms with Crippen molar-refractivity contribution >= 4 is 11.6 Å². The van der Waals surface area contributed by atoms with Crippen LogP contribution >= 0.6 is 11.6 Å². The molecule has 0 aromatic heterocycles. The molecule has 10 heavy (non-hydrogen) atoms. The molecule has 0 radical (unpaired) electrons. The van der Waals surface area contributed by atoms with E-state index in [1.807, 2.05) is 0 Å². The van der Waals surface area contributed by atoms with Gasteiger partial charge in [-0.25, -0.2) is 0 Å². The summed E-state index contributed by atoms with van der Waals surface area (Å²) in [4.78, 5) is 0. The molecule has 0 heterocycles. The molecule has 2 nitrogen and oxygen atoms in total. The Morgan fingerprint density at radius 1 is 1.50 bits per heavy atom. The van der Waals surface area contributed by atoms with Crippen LogP contribution in [0.3, 0.4) is 0 Å². The van der Waals surface area contributed by atoms with E-state index in [0.29, 0.717) is 0 Å². The molecule has 0 aromatic rings. The lowest BCUT2D eigenvalue weighted by atomic mass is 9.98. The zero-order valence-corrected chi connectivity index (χ0v) is 6.12. The molecule has 0 fully saturated rings. The molecule has 0 spiro atoms. The quantitative estimate of drug-likeness (QED) is 0.553. The third-order valence-electron chi connectivity index (χ3n) is 1.50. The van der Waals surface area contributed by atoms with Gasteiger partial charge in [0, 0.05) is 5.92 Å². The lowest BCUT2D eigenvalue weighted by molar-refractivity contribution is 0.0916. The molecular formula is C7H9ClO2. The highest BCUT2D eigenvalue weighted by atomic mass is 35.5. The maximum Gasteiger partial charge on any atom is 0.166 e. The van der Waals surface area contributed by atoms with Gasteiger partial charge in [0.05, 0.1) is 6.61 Å². The number of rotatable bonds is 1. The average molecular weight is 161 g/mol. The van der Waals surface area contributed by atoms with Gasteiger partial charge < -0.3 is 10.2 Å².